The number of fused-ring (bicyclic) bond motifs is 4. The zero-order valence-electron chi connectivity index (χ0n) is 23.4. The van der Waals surface area contributed by atoms with Gasteiger partial charge in [0.1, 0.15) is 12.2 Å². The van der Waals surface area contributed by atoms with Gasteiger partial charge in [-0.05, 0) is 44.8 Å². The van der Waals surface area contributed by atoms with Crippen molar-refractivity contribution < 1.29 is 38.5 Å². The van der Waals surface area contributed by atoms with E-state index >= 15 is 0 Å². The minimum absolute atomic E-state index is 0.00189. The summed E-state index contributed by atoms with van der Waals surface area (Å²) in [5, 5.41) is 10.9. The Hall–Kier alpha value is -2.56. The molecule has 0 radical (unpaired) electrons. The van der Waals surface area contributed by atoms with Crippen molar-refractivity contribution in [1.29, 1.82) is 0 Å². The second-order valence-electron chi connectivity index (χ2n) is 11.9. The number of rotatable bonds is 7. The van der Waals surface area contributed by atoms with Crippen molar-refractivity contribution in [3.63, 3.8) is 0 Å². The summed E-state index contributed by atoms with van der Waals surface area (Å²) in [6, 6.07) is 0. The minimum Gasteiger partial charge on any atom is -0.458 e. The maximum absolute atomic E-state index is 14.0. The van der Waals surface area contributed by atoms with Crippen molar-refractivity contribution in [2.24, 2.45) is 22.7 Å². The molecule has 2 fully saturated rings. The summed E-state index contributed by atoms with van der Waals surface area (Å²) in [6.45, 7) is 6.29. The molecule has 0 bridgehead atoms. The molecule has 7 atom stereocenters. The van der Waals surface area contributed by atoms with E-state index in [1.807, 2.05) is 37.7 Å². The first kappa shape index (κ1) is 28.4. The predicted octanol–water partition coefficient (Wildman–Crippen LogP) is 1.12. The Morgan fingerprint density at radius 1 is 1.16 bits per heavy atom. The van der Waals surface area contributed by atoms with Gasteiger partial charge >= 0.3 is 11.9 Å². The number of aliphatic hydroxyl groups excluding tert-OH is 1. The first-order chi connectivity index (χ1) is 17.8. The van der Waals surface area contributed by atoms with Gasteiger partial charge in [-0.1, -0.05) is 13.8 Å². The van der Waals surface area contributed by atoms with Crippen LogP contribution in [0.5, 0.6) is 0 Å². The zero-order valence-corrected chi connectivity index (χ0v) is 23.4. The molecule has 0 amide bonds. The molecule has 0 aromatic carbocycles. The Morgan fingerprint density at radius 2 is 1.84 bits per heavy atom. The molecule has 10 nitrogen and oxygen atoms in total. The molecule has 3 aliphatic carbocycles. The average molecular weight is 533 g/mol. The minimum atomic E-state index is -1.19. The quantitative estimate of drug-likeness (QED) is 0.290. The van der Waals surface area contributed by atoms with Crippen LogP contribution in [0.1, 0.15) is 40.0 Å². The average Bonchev–Trinajstić information content (AvgIpc) is 3.12. The van der Waals surface area contributed by atoms with Crippen LogP contribution in [0.3, 0.4) is 0 Å². The summed E-state index contributed by atoms with van der Waals surface area (Å²) in [4.78, 5) is 57.3. The van der Waals surface area contributed by atoms with E-state index in [2.05, 4.69) is 0 Å². The van der Waals surface area contributed by atoms with Crippen molar-refractivity contribution in [1.82, 2.24) is 9.80 Å². The molecule has 0 spiro atoms. The van der Waals surface area contributed by atoms with E-state index in [0.29, 0.717) is 43.5 Å². The zero-order chi connectivity index (χ0) is 28.2. The molecule has 210 valence electrons. The summed E-state index contributed by atoms with van der Waals surface area (Å²) >= 11 is 0. The highest BCUT2D eigenvalue weighted by atomic mass is 16.6. The largest absolute Gasteiger partial charge is 0.458 e. The van der Waals surface area contributed by atoms with Crippen molar-refractivity contribution in [2.75, 3.05) is 47.9 Å². The van der Waals surface area contributed by atoms with Crippen molar-refractivity contribution in [3.05, 3.63) is 22.9 Å². The summed E-state index contributed by atoms with van der Waals surface area (Å²) in [5.41, 5.74) is -0.981. The normalized spacial score (nSPS) is 37.7. The van der Waals surface area contributed by atoms with Gasteiger partial charge in [0.15, 0.2) is 0 Å². The van der Waals surface area contributed by atoms with Gasteiger partial charge < -0.3 is 29.1 Å². The van der Waals surface area contributed by atoms with Crippen LogP contribution < -0.4 is 0 Å². The third-order valence-electron chi connectivity index (χ3n) is 9.13. The summed E-state index contributed by atoms with van der Waals surface area (Å²) < 4.78 is 17.2. The Morgan fingerprint density at radius 3 is 2.45 bits per heavy atom. The lowest BCUT2D eigenvalue weighted by atomic mass is 9.50. The van der Waals surface area contributed by atoms with Crippen LogP contribution in [-0.2, 0) is 33.4 Å². The highest BCUT2D eigenvalue weighted by molar-refractivity contribution is 6.47. The Bertz CT molecular complexity index is 1100. The second-order valence-corrected chi connectivity index (χ2v) is 11.9. The number of allylic oxidation sites excluding steroid dienone is 1. The van der Waals surface area contributed by atoms with E-state index in [4.69, 9.17) is 14.2 Å². The SMILES string of the molecule is COCC1OC(=O)C(=CN(C)CCN(C)C)C2C(=O)C(=O)C3=C(C(OC(C)=O)CC4(C)C(O)CCC34)C12C. The molecule has 1 N–H and O–H groups in total. The highest BCUT2D eigenvalue weighted by Gasteiger charge is 2.67. The van der Waals surface area contributed by atoms with E-state index in [1.54, 1.807) is 13.2 Å². The lowest BCUT2D eigenvalue weighted by Crippen LogP contribution is -2.63. The molecule has 0 aromatic heterocycles. The van der Waals surface area contributed by atoms with E-state index < -0.39 is 58.6 Å². The van der Waals surface area contributed by atoms with Crippen LogP contribution in [0.25, 0.3) is 0 Å². The van der Waals surface area contributed by atoms with E-state index in [0.717, 1.165) is 0 Å². The number of ketones is 2. The lowest BCUT2D eigenvalue weighted by molar-refractivity contribution is -0.175. The molecule has 1 saturated carbocycles. The number of Topliss-reactive ketones (excluding diaryl/α,β-unsaturated/α-hetero) is 2. The maximum atomic E-state index is 14.0. The number of esters is 2. The Labute approximate surface area is 223 Å². The number of methoxy groups -OCH3 is 1. The number of nitrogens with zero attached hydrogens (tertiary/aromatic N) is 2. The fraction of sp³-hybridized carbons (Fsp3) is 0.714. The predicted molar refractivity (Wildman–Crippen MR) is 137 cm³/mol. The van der Waals surface area contributed by atoms with Gasteiger partial charge in [-0.25, -0.2) is 4.79 Å². The molecule has 10 heteroatoms. The number of aliphatic hydroxyl groups is 1. The van der Waals surface area contributed by atoms with Crippen LogP contribution in [0.4, 0.5) is 0 Å². The molecular formula is C28H40N2O8. The molecule has 1 saturated heterocycles. The molecule has 1 heterocycles. The second kappa shape index (κ2) is 10.2. The number of carbonyl (C=O) groups excluding carboxylic acids is 4. The first-order valence-electron chi connectivity index (χ1n) is 13.2. The number of hydrogen-bond acceptors (Lipinski definition) is 10. The molecule has 4 rings (SSSR count). The smallest absolute Gasteiger partial charge is 0.336 e. The van der Waals surface area contributed by atoms with Crippen LogP contribution in [0, 0.1) is 22.7 Å². The third kappa shape index (κ3) is 4.40. The fourth-order valence-corrected chi connectivity index (χ4v) is 7.15. The molecule has 0 aromatic rings. The molecular weight excluding hydrogens is 492 g/mol. The van der Waals surface area contributed by atoms with Gasteiger partial charge in [0.05, 0.1) is 24.2 Å². The first-order valence-corrected chi connectivity index (χ1v) is 13.2. The van der Waals surface area contributed by atoms with E-state index in [9.17, 15) is 24.3 Å². The summed E-state index contributed by atoms with van der Waals surface area (Å²) in [6.07, 6.45) is 0.471. The van der Waals surface area contributed by atoms with E-state index in [1.165, 1.54) is 14.0 Å². The lowest BCUT2D eigenvalue weighted by Gasteiger charge is -2.56. The van der Waals surface area contributed by atoms with Gasteiger partial charge in [-0.3, -0.25) is 14.4 Å². The van der Waals surface area contributed by atoms with Gasteiger partial charge in [0, 0.05) is 56.8 Å². The number of likely N-dealkylation sites (N-methyl/N-ethyl adjacent to an activating group) is 2. The molecule has 7 unspecified atom stereocenters. The number of hydrogen-bond donors (Lipinski definition) is 1. The van der Waals surface area contributed by atoms with E-state index in [-0.39, 0.29) is 18.1 Å². The van der Waals surface area contributed by atoms with Gasteiger partial charge in [0.25, 0.3) is 0 Å². The van der Waals surface area contributed by atoms with Gasteiger partial charge in [0.2, 0.25) is 11.6 Å². The fourth-order valence-electron chi connectivity index (χ4n) is 7.15. The van der Waals surface area contributed by atoms with Gasteiger partial charge in [-0.2, -0.15) is 0 Å². The van der Waals surface area contributed by atoms with Crippen LogP contribution in [0.2, 0.25) is 0 Å². The highest BCUT2D eigenvalue weighted by Crippen LogP contribution is 2.63. The number of cyclic esters (lactones) is 1. The van der Waals surface area contributed by atoms with Crippen LogP contribution >= 0.6 is 0 Å². The molecule has 1 aliphatic heterocycles. The van der Waals surface area contributed by atoms with Crippen molar-refractivity contribution in [3.8, 4) is 0 Å². The van der Waals surface area contributed by atoms with Crippen molar-refractivity contribution in [2.45, 2.75) is 58.3 Å². The van der Waals surface area contributed by atoms with Crippen molar-refractivity contribution >= 4 is 23.5 Å². The van der Waals surface area contributed by atoms with Crippen LogP contribution in [-0.4, -0.2) is 105 Å². The number of ether oxygens (including phenoxy) is 3. The standard InChI is InChI=1S/C28H40N2O8/c1-15(31)37-18-12-27(2)17(8-9-19(27)32)21-23(18)28(3)20(14-36-7)38-26(35)16(22(28)25(34)24(21)33)13-30(6)11-10-29(4)5/h13,17-20,22,32H,8-12,14H2,1-7H3. The van der Waals surface area contributed by atoms with Gasteiger partial charge in [-0.15, -0.1) is 0 Å². The topological polar surface area (TPSA) is 123 Å². The summed E-state index contributed by atoms with van der Waals surface area (Å²) in [7, 11) is 7.15. The Balaban J connectivity index is 1.94. The van der Waals surface area contributed by atoms with Crippen LogP contribution in [0.15, 0.2) is 22.9 Å². The monoisotopic (exact) mass is 532 g/mol. The third-order valence-corrected chi connectivity index (χ3v) is 9.13. The summed E-state index contributed by atoms with van der Waals surface area (Å²) in [5.74, 6) is -4.04. The number of carbonyl (C=O) groups is 4. The Kier molecular flexibility index (Phi) is 7.64. The molecule has 4 aliphatic rings. The maximum Gasteiger partial charge on any atom is 0.336 e. The molecule has 38 heavy (non-hydrogen) atoms.